The molecule has 4 nitrogen and oxygen atoms in total. The predicted octanol–water partition coefficient (Wildman–Crippen LogP) is 3.09. The molecule has 0 aliphatic rings. The minimum atomic E-state index is -1.16. The van der Waals surface area contributed by atoms with Gasteiger partial charge >= 0.3 is 0 Å². The molecule has 0 aromatic heterocycles. The van der Waals surface area contributed by atoms with Gasteiger partial charge in [0.15, 0.2) is 0 Å². The molecule has 4 heteroatoms. The summed E-state index contributed by atoms with van der Waals surface area (Å²) in [5, 5.41) is 10.1. The van der Waals surface area contributed by atoms with E-state index in [0.717, 1.165) is 0 Å². The van der Waals surface area contributed by atoms with Crippen LogP contribution in [0.1, 0.15) is 41.5 Å². The van der Waals surface area contributed by atoms with Crippen LogP contribution in [0.15, 0.2) is 72.8 Å². The van der Waals surface area contributed by atoms with E-state index in [9.17, 15) is 19.5 Å². The van der Waals surface area contributed by atoms with Gasteiger partial charge in [-0.25, -0.2) is 0 Å². The van der Waals surface area contributed by atoms with Crippen molar-refractivity contribution in [3.05, 3.63) is 83.9 Å². The van der Waals surface area contributed by atoms with Gasteiger partial charge < -0.3 is 9.90 Å². The third-order valence-electron chi connectivity index (χ3n) is 3.43. The Balaban J connectivity index is 0.000000299. The van der Waals surface area contributed by atoms with Gasteiger partial charge in [-0.05, 0) is 11.0 Å². The largest absolute Gasteiger partial charge is 0.545 e. The lowest BCUT2D eigenvalue weighted by atomic mass is 9.88. The fraction of sp³-hybridized carbons (Fsp3) is 0.190. The fourth-order valence-corrected chi connectivity index (χ4v) is 1.75. The predicted molar refractivity (Wildman–Crippen MR) is 95.1 cm³/mol. The van der Waals surface area contributed by atoms with Gasteiger partial charge in [0.2, 0.25) is 11.6 Å². The zero-order valence-electron chi connectivity index (χ0n) is 14.6. The average molecular weight is 337 g/mol. The number of carbonyl (C=O) groups is 3. The fourth-order valence-electron chi connectivity index (χ4n) is 1.75. The number of carboxylic acid groups (broad SMARTS) is 1. The minimum Gasteiger partial charge on any atom is -0.545 e. The third kappa shape index (κ3) is 6.18. The van der Waals surface area contributed by atoms with E-state index in [1.807, 2.05) is 12.1 Å². The number of hydrogen-bond donors (Lipinski definition) is 0. The van der Waals surface area contributed by atoms with E-state index in [-0.39, 0.29) is 11.0 Å². The highest BCUT2D eigenvalue weighted by atomic mass is 16.4. The summed E-state index contributed by atoms with van der Waals surface area (Å²) >= 11 is 0. The maximum atomic E-state index is 11.8. The van der Waals surface area contributed by atoms with E-state index < -0.39 is 17.5 Å². The van der Waals surface area contributed by atoms with Crippen LogP contribution in [0.25, 0.3) is 0 Å². The minimum absolute atomic E-state index is 0.141. The summed E-state index contributed by atoms with van der Waals surface area (Å²) in [5.41, 5.74) is 0.619. The Bertz CT molecular complexity index is 704. The van der Waals surface area contributed by atoms with Gasteiger partial charge in [-0.3, -0.25) is 9.59 Å². The second-order valence-corrected chi connectivity index (χ2v) is 6.41. The highest BCUT2D eigenvalue weighted by molar-refractivity contribution is 6.49. The van der Waals surface area contributed by atoms with Crippen molar-refractivity contribution in [2.45, 2.75) is 20.8 Å². The van der Waals surface area contributed by atoms with Crippen molar-refractivity contribution in [3.8, 4) is 0 Å². The first-order chi connectivity index (χ1) is 11.6. The molecule has 0 saturated heterocycles. The molecule has 0 amide bonds. The van der Waals surface area contributed by atoms with E-state index >= 15 is 0 Å². The van der Waals surface area contributed by atoms with Crippen molar-refractivity contribution >= 4 is 17.5 Å². The van der Waals surface area contributed by atoms with Crippen molar-refractivity contribution in [1.82, 2.24) is 0 Å². The van der Waals surface area contributed by atoms with Crippen molar-refractivity contribution < 1.29 is 19.5 Å². The lowest BCUT2D eigenvalue weighted by molar-refractivity contribution is -0.300. The van der Waals surface area contributed by atoms with Gasteiger partial charge in [0.1, 0.15) is 0 Å². The summed E-state index contributed by atoms with van der Waals surface area (Å²) in [6.07, 6.45) is 0. The van der Waals surface area contributed by atoms with Crippen LogP contribution in [-0.4, -0.2) is 17.5 Å². The van der Waals surface area contributed by atoms with Crippen LogP contribution in [0.4, 0.5) is 0 Å². The normalized spacial score (nSPS) is 10.2. The molecule has 0 atom stereocenters. The van der Waals surface area contributed by atoms with Gasteiger partial charge in [-0.1, -0.05) is 88.0 Å². The Morgan fingerprint density at radius 2 is 1.08 bits per heavy atom. The molecule has 2 aromatic rings. The lowest BCUT2D eigenvalue weighted by Gasteiger charge is -2.21. The first kappa shape index (κ1) is 20.0. The Hall–Kier alpha value is -3.01. The monoisotopic (exact) mass is 337 g/mol. The van der Waals surface area contributed by atoms with E-state index in [0.29, 0.717) is 11.1 Å². The van der Waals surface area contributed by atoms with Crippen LogP contribution < -0.4 is 5.11 Å². The molecule has 0 radical (unpaired) electrons. The maximum Gasteiger partial charge on any atom is 0.233 e. The number of ketones is 2. The topological polar surface area (TPSA) is 74.3 Å². The second kappa shape index (κ2) is 8.73. The van der Waals surface area contributed by atoms with E-state index in [1.54, 1.807) is 69.3 Å². The molecule has 2 rings (SSSR count). The molecule has 0 spiro atoms. The molecule has 0 N–H and O–H groups in total. The quantitative estimate of drug-likeness (QED) is 0.488. The molecular weight excluding hydrogens is 316 g/mol. The summed E-state index contributed by atoms with van der Waals surface area (Å²) in [5.74, 6) is -2.10. The zero-order chi connectivity index (χ0) is 19.0. The molecule has 0 fully saturated rings. The highest BCUT2D eigenvalue weighted by Crippen LogP contribution is 2.22. The Morgan fingerprint density at radius 3 is 1.28 bits per heavy atom. The number of hydrogen-bond acceptors (Lipinski definition) is 4. The Kier molecular flexibility index (Phi) is 7.00. The number of rotatable bonds is 4. The highest BCUT2D eigenvalue weighted by Gasteiger charge is 2.17. The standard InChI is InChI=1S/C14H10O2.C7H12O2/c15-13(11-7-3-1-4-8-11)14(16)12-9-5-2-6-10-12;1-5(6(8)9)7(2,3)4/h1-10H;1H2,2-4H3,(H,8,9)/p-1. The summed E-state index contributed by atoms with van der Waals surface area (Å²) in [6, 6.07) is 17.2. The molecule has 0 aliphatic carbocycles. The van der Waals surface area contributed by atoms with Gasteiger partial charge in [0.25, 0.3) is 0 Å². The third-order valence-corrected chi connectivity index (χ3v) is 3.43. The van der Waals surface area contributed by atoms with Gasteiger partial charge in [-0.2, -0.15) is 0 Å². The SMILES string of the molecule is C=C(C(=O)[O-])C(C)(C)C.O=C(C(=O)c1ccccc1)c1ccccc1. The zero-order valence-corrected chi connectivity index (χ0v) is 14.6. The van der Waals surface area contributed by atoms with Crippen molar-refractivity contribution in [1.29, 1.82) is 0 Å². The average Bonchev–Trinajstić information content (AvgIpc) is 2.61. The molecule has 2 aromatic carbocycles. The number of carbonyl (C=O) groups excluding carboxylic acids is 3. The molecule has 0 aliphatic heterocycles. The van der Waals surface area contributed by atoms with E-state index in [1.165, 1.54) is 0 Å². The molecule has 25 heavy (non-hydrogen) atoms. The maximum absolute atomic E-state index is 11.8. The Morgan fingerprint density at radius 1 is 0.760 bits per heavy atom. The first-order valence-electron chi connectivity index (χ1n) is 7.74. The van der Waals surface area contributed by atoms with Crippen LogP contribution in [0.3, 0.4) is 0 Å². The van der Waals surface area contributed by atoms with Crippen molar-refractivity contribution in [2.24, 2.45) is 5.41 Å². The first-order valence-corrected chi connectivity index (χ1v) is 7.74. The second-order valence-electron chi connectivity index (χ2n) is 6.41. The molecule has 130 valence electrons. The van der Waals surface area contributed by atoms with Crippen LogP contribution in [0.2, 0.25) is 0 Å². The van der Waals surface area contributed by atoms with Gasteiger partial charge in [0, 0.05) is 11.1 Å². The number of Topliss-reactive ketones (excluding diaryl/α,β-unsaturated/α-hetero) is 2. The number of benzene rings is 2. The summed E-state index contributed by atoms with van der Waals surface area (Å²) in [6.45, 7) is 8.71. The van der Waals surface area contributed by atoms with Gasteiger partial charge in [0.05, 0.1) is 5.97 Å². The number of aliphatic carboxylic acids is 1. The summed E-state index contributed by atoms with van der Waals surface area (Å²) in [4.78, 5) is 33.7. The Labute approximate surface area is 147 Å². The number of carboxylic acids is 1. The molecule has 0 unspecified atom stereocenters. The van der Waals surface area contributed by atoms with Crippen LogP contribution in [0.5, 0.6) is 0 Å². The van der Waals surface area contributed by atoms with Gasteiger partial charge in [-0.15, -0.1) is 0 Å². The van der Waals surface area contributed by atoms with Crippen LogP contribution >= 0.6 is 0 Å². The summed E-state index contributed by atoms with van der Waals surface area (Å²) < 4.78 is 0. The van der Waals surface area contributed by atoms with Crippen molar-refractivity contribution in [2.75, 3.05) is 0 Å². The smallest absolute Gasteiger partial charge is 0.233 e. The molecular formula is C21H21O4-. The molecule has 0 saturated carbocycles. The summed E-state index contributed by atoms with van der Waals surface area (Å²) in [7, 11) is 0. The van der Waals surface area contributed by atoms with Crippen LogP contribution in [-0.2, 0) is 4.79 Å². The van der Waals surface area contributed by atoms with Crippen molar-refractivity contribution in [3.63, 3.8) is 0 Å². The van der Waals surface area contributed by atoms with E-state index in [2.05, 4.69) is 6.58 Å². The van der Waals surface area contributed by atoms with Crippen LogP contribution in [0, 0.1) is 5.41 Å². The molecule has 0 heterocycles. The lowest BCUT2D eigenvalue weighted by Crippen LogP contribution is -2.30. The molecule has 0 bridgehead atoms. The van der Waals surface area contributed by atoms with E-state index in [4.69, 9.17) is 0 Å².